The smallest absolute Gasteiger partial charge is 0.264 e. The van der Waals surface area contributed by atoms with Gasteiger partial charge in [-0.05, 0) is 75.6 Å². The van der Waals surface area contributed by atoms with Crippen molar-refractivity contribution in [1.82, 2.24) is 10.2 Å². The number of aryl methyl sites for hydroxylation is 2. The summed E-state index contributed by atoms with van der Waals surface area (Å²) in [5.41, 5.74) is 4.46. The van der Waals surface area contributed by atoms with E-state index in [-0.39, 0.29) is 35.5 Å². The predicted octanol–water partition coefficient (Wildman–Crippen LogP) is 6.63. The van der Waals surface area contributed by atoms with Crippen LogP contribution >= 0.6 is 11.6 Å². The molecule has 0 radical (unpaired) electrons. The Balaban J connectivity index is 1.83. The quantitative estimate of drug-likeness (QED) is 0.188. The second-order valence-electron chi connectivity index (χ2n) is 11.6. The number of nitrogens with one attached hydrogen (secondary N) is 1. The van der Waals surface area contributed by atoms with Crippen molar-refractivity contribution in [2.75, 3.05) is 10.8 Å². The summed E-state index contributed by atoms with van der Waals surface area (Å²) in [6, 6.07) is 27.6. The molecule has 1 atom stereocenters. The van der Waals surface area contributed by atoms with Crippen molar-refractivity contribution in [2.45, 2.75) is 64.6 Å². The van der Waals surface area contributed by atoms with Gasteiger partial charge in [-0.25, -0.2) is 8.42 Å². The molecule has 0 aliphatic carbocycles. The average Bonchev–Trinajstić information content (AvgIpc) is 3.00. The van der Waals surface area contributed by atoms with E-state index in [1.807, 2.05) is 82.3 Å². The van der Waals surface area contributed by atoms with E-state index in [0.717, 1.165) is 26.6 Å². The lowest BCUT2D eigenvalue weighted by Crippen LogP contribution is -2.54. The summed E-state index contributed by atoms with van der Waals surface area (Å²) in [5.74, 6) is -0.841. The summed E-state index contributed by atoms with van der Waals surface area (Å²) >= 11 is 6.45. The molecule has 0 aromatic heterocycles. The van der Waals surface area contributed by atoms with Gasteiger partial charge in [0.2, 0.25) is 11.8 Å². The summed E-state index contributed by atoms with van der Waals surface area (Å²) in [6.07, 6.45) is 0.248. The predicted molar refractivity (Wildman–Crippen MR) is 181 cm³/mol. The number of benzene rings is 4. The molecule has 0 aliphatic rings. The number of carbonyl (C=O) groups excluding carboxylic acids is 2. The van der Waals surface area contributed by atoms with Crippen molar-refractivity contribution in [3.8, 4) is 0 Å². The number of anilines is 1. The Morgan fingerprint density at radius 2 is 1.38 bits per heavy atom. The highest BCUT2D eigenvalue weighted by molar-refractivity contribution is 7.92. The number of carbonyl (C=O) groups is 2. The molecule has 45 heavy (non-hydrogen) atoms. The summed E-state index contributed by atoms with van der Waals surface area (Å²) in [5, 5.41) is 3.35. The summed E-state index contributed by atoms with van der Waals surface area (Å²) in [6.45, 7) is 8.86. The van der Waals surface area contributed by atoms with Gasteiger partial charge in [-0.1, -0.05) is 95.5 Å². The lowest BCUT2D eigenvalue weighted by Gasteiger charge is -2.34. The van der Waals surface area contributed by atoms with E-state index in [9.17, 15) is 18.0 Å². The standard InChI is InChI=1S/C36H40ClN3O4S/c1-25(2)38-36(42)34(22-29-10-7-6-8-11-29)39(23-30-18-14-26(3)15-19-30)35(41)24-40(33-13-9-12-32(37)28(33)5)45(43,44)31-20-16-27(4)17-21-31/h6-21,25,34H,22-24H2,1-5H3,(H,38,42)/t34-/m1/s1. The van der Waals surface area contributed by atoms with Crippen LogP contribution in [0.3, 0.4) is 0 Å². The molecule has 4 rings (SSSR count). The third-order valence-corrected chi connectivity index (χ3v) is 9.75. The lowest BCUT2D eigenvalue weighted by atomic mass is 10.0. The highest BCUT2D eigenvalue weighted by atomic mass is 35.5. The molecule has 0 spiro atoms. The van der Waals surface area contributed by atoms with E-state index in [1.165, 1.54) is 17.0 Å². The van der Waals surface area contributed by atoms with Crippen molar-refractivity contribution in [3.63, 3.8) is 0 Å². The van der Waals surface area contributed by atoms with Crippen LogP contribution in [0.5, 0.6) is 0 Å². The Hall–Kier alpha value is -4.14. The second-order valence-corrected chi connectivity index (χ2v) is 13.9. The zero-order valence-electron chi connectivity index (χ0n) is 26.3. The molecule has 4 aromatic carbocycles. The van der Waals surface area contributed by atoms with Crippen LogP contribution < -0.4 is 9.62 Å². The topological polar surface area (TPSA) is 86.8 Å². The van der Waals surface area contributed by atoms with Crippen LogP contribution in [0.2, 0.25) is 5.02 Å². The van der Waals surface area contributed by atoms with Crippen LogP contribution in [0.15, 0.2) is 102 Å². The average molecular weight is 646 g/mol. The Morgan fingerprint density at radius 1 is 0.778 bits per heavy atom. The van der Waals surface area contributed by atoms with Crippen LogP contribution in [0.1, 0.15) is 41.7 Å². The maximum Gasteiger partial charge on any atom is 0.264 e. The van der Waals surface area contributed by atoms with Gasteiger partial charge in [0.1, 0.15) is 12.6 Å². The van der Waals surface area contributed by atoms with E-state index in [2.05, 4.69) is 5.32 Å². The molecule has 0 fully saturated rings. The first-order valence-electron chi connectivity index (χ1n) is 14.9. The van der Waals surface area contributed by atoms with Gasteiger partial charge in [0.15, 0.2) is 0 Å². The largest absolute Gasteiger partial charge is 0.352 e. The highest BCUT2D eigenvalue weighted by Gasteiger charge is 2.35. The second kappa shape index (κ2) is 14.8. The van der Waals surface area contributed by atoms with Gasteiger partial charge in [-0.2, -0.15) is 0 Å². The van der Waals surface area contributed by atoms with E-state index in [4.69, 9.17) is 11.6 Å². The van der Waals surface area contributed by atoms with E-state index in [1.54, 1.807) is 37.3 Å². The van der Waals surface area contributed by atoms with Crippen LogP contribution in [0, 0.1) is 20.8 Å². The number of rotatable bonds is 12. The van der Waals surface area contributed by atoms with Crippen LogP contribution in [0.4, 0.5) is 5.69 Å². The highest BCUT2D eigenvalue weighted by Crippen LogP contribution is 2.31. The van der Waals surface area contributed by atoms with E-state index >= 15 is 0 Å². The fourth-order valence-electron chi connectivity index (χ4n) is 5.04. The molecule has 0 aliphatic heterocycles. The zero-order valence-corrected chi connectivity index (χ0v) is 27.9. The molecule has 9 heteroatoms. The van der Waals surface area contributed by atoms with Gasteiger partial charge in [0.25, 0.3) is 10.0 Å². The van der Waals surface area contributed by atoms with Crippen molar-refractivity contribution < 1.29 is 18.0 Å². The molecule has 0 saturated heterocycles. The molecule has 236 valence electrons. The molecule has 0 unspecified atom stereocenters. The van der Waals surface area contributed by atoms with Gasteiger partial charge in [0, 0.05) is 24.0 Å². The van der Waals surface area contributed by atoms with Crippen molar-refractivity contribution >= 4 is 39.1 Å². The first-order valence-corrected chi connectivity index (χ1v) is 16.7. The van der Waals surface area contributed by atoms with Crippen molar-refractivity contribution in [3.05, 3.63) is 130 Å². The first kappa shape index (κ1) is 33.7. The molecule has 0 heterocycles. The van der Waals surface area contributed by atoms with Crippen molar-refractivity contribution in [2.24, 2.45) is 0 Å². The van der Waals surface area contributed by atoms with Gasteiger partial charge in [-0.15, -0.1) is 0 Å². The maximum atomic E-state index is 14.6. The van der Waals surface area contributed by atoms with Crippen molar-refractivity contribution in [1.29, 1.82) is 0 Å². The number of sulfonamides is 1. The van der Waals surface area contributed by atoms with Crippen LogP contribution in [-0.4, -0.2) is 43.8 Å². The lowest BCUT2D eigenvalue weighted by molar-refractivity contribution is -0.140. The van der Waals surface area contributed by atoms with Gasteiger partial charge >= 0.3 is 0 Å². The summed E-state index contributed by atoms with van der Waals surface area (Å²) < 4.78 is 29.6. The number of amides is 2. The first-order chi connectivity index (χ1) is 21.4. The molecule has 0 bridgehead atoms. The van der Waals surface area contributed by atoms with Gasteiger partial charge in [-0.3, -0.25) is 13.9 Å². The normalized spacial score (nSPS) is 12.1. The summed E-state index contributed by atoms with van der Waals surface area (Å²) in [4.78, 5) is 29.9. The monoisotopic (exact) mass is 645 g/mol. The summed E-state index contributed by atoms with van der Waals surface area (Å²) in [7, 11) is -4.21. The molecule has 2 amide bonds. The minimum absolute atomic E-state index is 0.0451. The Kier molecular flexibility index (Phi) is 11.1. The van der Waals surface area contributed by atoms with Gasteiger partial charge < -0.3 is 10.2 Å². The Morgan fingerprint density at radius 3 is 1.98 bits per heavy atom. The zero-order chi connectivity index (χ0) is 32.7. The van der Waals surface area contributed by atoms with Gasteiger partial charge in [0.05, 0.1) is 10.6 Å². The van der Waals surface area contributed by atoms with E-state index < -0.39 is 28.5 Å². The molecular weight excluding hydrogens is 606 g/mol. The van der Waals surface area contributed by atoms with Crippen LogP contribution in [-0.2, 0) is 32.6 Å². The van der Waals surface area contributed by atoms with E-state index in [0.29, 0.717) is 10.6 Å². The minimum atomic E-state index is -4.21. The molecule has 0 saturated carbocycles. The Bertz CT molecular complexity index is 1720. The third kappa shape index (κ3) is 8.53. The molecular formula is C36H40ClN3O4S. The Labute approximate surface area is 271 Å². The molecule has 7 nitrogen and oxygen atoms in total. The molecule has 1 N–H and O–H groups in total. The number of halogens is 1. The maximum absolute atomic E-state index is 14.6. The number of hydrogen-bond donors (Lipinski definition) is 1. The fraction of sp³-hybridized carbons (Fsp3) is 0.278. The minimum Gasteiger partial charge on any atom is -0.352 e. The SMILES string of the molecule is Cc1ccc(CN(C(=O)CN(c2cccc(Cl)c2C)S(=O)(=O)c2ccc(C)cc2)[C@H](Cc2ccccc2)C(=O)NC(C)C)cc1. The number of nitrogens with zero attached hydrogens (tertiary/aromatic N) is 2. The number of hydrogen-bond acceptors (Lipinski definition) is 4. The third-order valence-electron chi connectivity index (χ3n) is 7.57. The molecule has 4 aromatic rings. The fourth-order valence-corrected chi connectivity index (χ4v) is 6.68. The van der Waals surface area contributed by atoms with Crippen LogP contribution in [0.25, 0.3) is 0 Å².